The molecule has 4 nitrogen and oxygen atoms in total. The van der Waals surface area contributed by atoms with E-state index in [1.54, 1.807) is 24.3 Å². The van der Waals surface area contributed by atoms with Crippen molar-refractivity contribution < 1.29 is 14.7 Å². The van der Waals surface area contributed by atoms with Gasteiger partial charge in [-0.1, -0.05) is 37.6 Å². The van der Waals surface area contributed by atoms with Gasteiger partial charge in [-0.15, -0.1) is 11.8 Å². The summed E-state index contributed by atoms with van der Waals surface area (Å²) in [7, 11) is 0. The van der Waals surface area contributed by atoms with Crippen molar-refractivity contribution >= 4 is 40.9 Å². The van der Waals surface area contributed by atoms with E-state index in [4.69, 9.17) is 16.7 Å². The normalized spacial score (nSPS) is 12.2. The summed E-state index contributed by atoms with van der Waals surface area (Å²) in [5.74, 6) is -1.11. The minimum atomic E-state index is -0.898. The number of para-hydroxylation sites is 1. The number of carboxylic acid groups (broad SMARTS) is 1. The predicted octanol–water partition coefficient (Wildman–Crippen LogP) is 3.12. The van der Waals surface area contributed by atoms with Gasteiger partial charge in [0.1, 0.15) is 5.25 Å². The van der Waals surface area contributed by atoms with Crippen molar-refractivity contribution in [2.24, 2.45) is 5.92 Å². The van der Waals surface area contributed by atoms with Gasteiger partial charge < -0.3 is 10.4 Å². The highest BCUT2D eigenvalue weighted by Crippen LogP contribution is 2.22. The molecule has 1 aromatic rings. The van der Waals surface area contributed by atoms with Gasteiger partial charge in [-0.25, -0.2) is 0 Å². The van der Waals surface area contributed by atoms with Crippen LogP contribution in [0, 0.1) is 5.92 Å². The SMILES string of the molecule is CC(C)C(SCC(=O)Nc1ccccc1Cl)C(=O)O. The lowest BCUT2D eigenvalue weighted by Gasteiger charge is -2.15. The van der Waals surface area contributed by atoms with E-state index >= 15 is 0 Å². The first-order chi connectivity index (χ1) is 8.91. The lowest BCUT2D eigenvalue weighted by molar-refractivity contribution is -0.137. The molecule has 0 bridgehead atoms. The Hall–Kier alpha value is -1.20. The number of carbonyl (C=O) groups excluding carboxylic acids is 1. The van der Waals surface area contributed by atoms with Gasteiger partial charge in [-0.2, -0.15) is 0 Å². The molecular weight excluding hydrogens is 286 g/mol. The molecule has 0 saturated carbocycles. The van der Waals surface area contributed by atoms with Crippen molar-refractivity contribution in [1.29, 1.82) is 0 Å². The summed E-state index contributed by atoms with van der Waals surface area (Å²) in [6.45, 7) is 3.63. The third kappa shape index (κ3) is 5.12. The number of carbonyl (C=O) groups is 2. The van der Waals surface area contributed by atoms with Crippen LogP contribution in [0.1, 0.15) is 13.8 Å². The van der Waals surface area contributed by atoms with Crippen LogP contribution in [0.5, 0.6) is 0 Å². The van der Waals surface area contributed by atoms with Gasteiger partial charge in [-0.3, -0.25) is 9.59 Å². The number of benzene rings is 1. The number of hydrogen-bond donors (Lipinski definition) is 2. The van der Waals surface area contributed by atoms with Crippen LogP contribution >= 0.6 is 23.4 Å². The van der Waals surface area contributed by atoms with Crippen LogP contribution in [0.25, 0.3) is 0 Å². The summed E-state index contributed by atoms with van der Waals surface area (Å²) in [4.78, 5) is 22.7. The maximum Gasteiger partial charge on any atom is 0.316 e. The van der Waals surface area contributed by atoms with Crippen molar-refractivity contribution in [3.63, 3.8) is 0 Å². The first-order valence-corrected chi connectivity index (χ1v) is 7.23. The molecule has 104 valence electrons. The summed E-state index contributed by atoms with van der Waals surface area (Å²) < 4.78 is 0. The Morgan fingerprint density at radius 3 is 2.53 bits per heavy atom. The maximum atomic E-state index is 11.7. The fourth-order valence-corrected chi connectivity index (χ4v) is 2.58. The van der Waals surface area contributed by atoms with Gasteiger partial charge in [-0.05, 0) is 18.1 Å². The summed E-state index contributed by atoms with van der Waals surface area (Å²) in [6, 6.07) is 6.91. The smallest absolute Gasteiger partial charge is 0.316 e. The first kappa shape index (κ1) is 15.9. The third-order valence-electron chi connectivity index (χ3n) is 2.39. The Labute approximate surface area is 121 Å². The van der Waals surface area contributed by atoms with Crippen molar-refractivity contribution in [1.82, 2.24) is 0 Å². The molecule has 0 aromatic heterocycles. The monoisotopic (exact) mass is 301 g/mol. The predicted molar refractivity (Wildman–Crippen MR) is 78.8 cm³/mol. The first-order valence-electron chi connectivity index (χ1n) is 5.80. The number of amides is 1. The molecule has 6 heteroatoms. The van der Waals surface area contributed by atoms with Crippen LogP contribution in [-0.2, 0) is 9.59 Å². The fraction of sp³-hybridized carbons (Fsp3) is 0.385. The number of rotatable bonds is 6. The van der Waals surface area contributed by atoms with E-state index in [0.29, 0.717) is 10.7 Å². The van der Waals surface area contributed by atoms with Crippen LogP contribution in [0.15, 0.2) is 24.3 Å². The van der Waals surface area contributed by atoms with E-state index in [1.807, 2.05) is 13.8 Å². The zero-order valence-electron chi connectivity index (χ0n) is 10.7. The second kappa shape index (κ2) is 7.40. The van der Waals surface area contributed by atoms with Crippen molar-refractivity contribution in [3.05, 3.63) is 29.3 Å². The molecule has 1 atom stereocenters. The van der Waals surface area contributed by atoms with Gasteiger partial charge in [0.2, 0.25) is 5.91 Å². The van der Waals surface area contributed by atoms with E-state index in [0.717, 1.165) is 11.8 Å². The van der Waals surface area contributed by atoms with Crippen LogP contribution in [0.3, 0.4) is 0 Å². The number of carboxylic acids is 1. The molecule has 0 heterocycles. The third-order valence-corrected chi connectivity index (χ3v) is 4.25. The number of thioether (sulfide) groups is 1. The molecule has 0 spiro atoms. The molecule has 0 radical (unpaired) electrons. The molecule has 0 fully saturated rings. The molecule has 1 aromatic carbocycles. The van der Waals surface area contributed by atoms with E-state index in [2.05, 4.69) is 5.32 Å². The minimum Gasteiger partial charge on any atom is -0.480 e. The Balaban J connectivity index is 2.52. The summed E-state index contributed by atoms with van der Waals surface area (Å²) in [5, 5.41) is 11.5. The molecule has 2 N–H and O–H groups in total. The average molecular weight is 302 g/mol. The van der Waals surface area contributed by atoms with E-state index in [9.17, 15) is 9.59 Å². The average Bonchev–Trinajstić information content (AvgIpc) is 2.31. The zero-order valence-corrected chi connectivity index (χ0v) is 12.3. The molecule has 1 rings (SSSR count). The van der Waals surface area contributed by atoms with Crippen molar-refractivity contribution in [3.8, 4) is 0 Å². The molecule has 0 aliphatic rings. The second-order valence-corrected chi connectivity index (χ2v) is 5.88. The molecular formula is C13H16ClNO3S. The quantitative estimate of drug-likeness (QED) is 0.847. The molecule has 19 heavy (non-hydrogen) atoms. The van der Waals surface area contributed by atoms with Crippen LogP contribution in [-0.4, -0.2) is 28.0 Å². The molecule has 1 unspecified atom stereocenters. The van der Waals surface area contributed by atoms with Crippen molar-refractivity contribution in [2.75, 3.05) is 11.1 Å². The highest BCUT2D eigenvalue weighted by molar-refractivity contribution is 8.01. The van der Waals surface area contributed by atoms with Gasteiger partial charge in [0, 0.05) is 0 Å². The van der Waals surface area contributed by atoms with Gasteiger partial charge >= 0.3 is 5.97 Å². The number of anilines is 1. The van der Waals surface area contributed by atoms with Gasteiger partial charge in [0.05, 0.1) is 16.5 Å². The largest absolute Gasteiger partial charge is 0.480 e. The molecule has 0 aliphatic carbocycles. The standard InChI is InChI=1S/C13H16ClNO3S/c1-8(2)12(13(17)18)19-7-11(16)15-10-6-4-3-5-9(10)14/h3-6,8,12H,7H2,1-2H3,(H,15,16)(H,17,18). The Kier molecular flexibility index (Phi) is 6.18. The topological polar surface area (TPSA) is 66.4 Å². The summed E-state index contributed by atoms with van der Waals surface area (Å²) in [5.41, 5.74) is 0.534. The van der Waals surface area contributed by atoms with Crippen LogP contribution in [0.2, 0.25) is 5.02 Å². The van der Waals surface area contributed by atoms with Crippen LogP contribution in [0.4, 0.5) is 5.69 Å². The lowest BCUT2D eigenvalue weighted by atomic mass is 10.1. The fourth-order valence-electron chi connectivity index (χ4n) is 1.46. The molecule has 1 amide bonds. The highest BCUT2D eigenvalue weighted by atomic mass is 35.5. The number of nitrogens with one attached hydrogen (secondary N) is 1. The van der Waals surface area contributed by atoms with Gasteiger partial charge in [0.15, 0.2) is 0 Å². The Morgan fingerprint density at radius 1 is 1.37 bits per heavy atom. The van der Waals surface area contributed by atoms with Crippen molar-refractivity contribution in [2.45, 2.75) is 19.1 Å². The minimum absolute atomic E-state index is 0.0318. The van der Waals surface area contributed by atoms with Crippen LogP contribution < -0.4 is 5.32 Å². The van der Waals surface area contributed by atoms with Gasteiger partial charge in [0.25, 0.3) is 0 Å². The highest BCUT2D eigenvalue weighted by Gasteiger charge is 2.23. The van der Waals surface area contributed by atoms with E-state index in [1.165, 1.54) is 0 Å². The Morgan fingerprint density at radius 2 is 2.00 bits per heavy atom. The Bertz CT molecular complexity index is 465. The van der Waals surface area contributed by atoms with E-state index < -0.39 is 11.2 Å². The molecule has 0 saturated heterocycles. The van der Waals surface area contributed by atoms with E-state index in [-0.39, 0.29) is 17.6 Å². The zero-order chi connectivity index (χ0) is 14.4. The second-order valence-electron chi connectivity index (χ2n) is 4.34. The lowest BCUT2D eigenvalue weighted by Crippen LogP contribution is -2.25. The maximum absolute atomic E-state index is 11.7. The summed E-state index contributed by atoms with van der Waals surface area (Å²) in [6.07, 6.45) is 0. The number of hydrogen-bond acceptors (Lipinski definition) is 3. The number of aliphatic carboxylic acids is 1. The summed E-state index contributed by atoms with van der Waals surface area (Å²) >= 11 is 7.03. The number of halogens is 1. The molecule has 0 aliphatic heterocycles.